The molecular formula is C53H104N2O6P+. The zero-order valence-electron chi connectivity index (χ0n) is 41.6. The van der Waals surface area contributed by atoms with Crippen molar-refractivity contribution < 1.29 is 32.9 Å². The highest BCUT2D eigenvalue weighted by Gasteiger charge is 2.28. The number of unbranched alkanes of at least 4 members (excludes halogenated alkanes) is 29. The Kier molecular flexibility index (Phi) is 44.0. The molecule has 0 spiro atoms. The fourth-order valence-electron chi connectivity index (χ4n) is 7.70. The summed E-state index contributed by atoms with van der Waals surface area (Å²) in [6, 6.07) is -0.760. The van der Waals surface area contributed by atoms with Gasteiger partial charge in [0, 0.05) is 6.42 Å². The molecule has 0 rings (SSSR count). The number of phosphoric acid groups is 1. The third-order valence-electron chi connectivity index (χ3n) is 11.9. The summed E-state index contributed by atoms with van der Waals surface area (Å²) in [4.78, 5) is 23.2. The average molecular weight is 896 g/mol. The third-order valence-corrected chi connectivity index (χ3v) is 12.9. The van der Waals surface area contributed by atoms with Gasteiger partial charge in [-0.15, -0.1) is 0 Å². The lowest BCUT2D eigenvalue weighted by molar-refractivity contribution is -0.870. The Morgan fingerprint density at radius 1 is 0.548 bits per heavy atom. The molecule has 366 valence electrons. The first-order valence-electron chi connectivity index (χ1n) is 26.4. The number of hydrogen-bond donors (Lipinski definition) is 3. The number of rotatable bonds is 48. The van der Waals surface area contributed by atoms with Crippen LogP contribution in [0.5, 0.6) is 0 Å². The standard InChI is InChI=1S/C53H103N2O6P/c1-6-8-10-12-14-16-18-20-21-22-23-24-25-26-27-28-29-30-31-32-33-35-37-39-41-43-45-47-53(57)54-51(50-61-62(58,59)60-49-48-55(3,4)5)52(56)46-44-42-40-38-36-34-19-17-15-13-11-9-7-2/h18,20,22-23,25-26,51-52,56H,6-17,19,21,24,27-50H2,1-5H3,(H-,54,57,58,59)/p+1/b20-18-,23-22-,26-25-. The molecule has 3 unspecified atom stereocenters. The van der Waals surface area contributed by atoms with Gasteiger partial charge in [-0.2, -0.15) is 0 Å². The maximum atomic E-state index is 12.9. The molecule has 0 aromatic rings. The van der Waals surface area contributed by atoms with Crippen LogP contribution in [0.2, 0.25) is 0 Å². The summed E-state index contributed by atoms with van der Waals surface area (Å²) in [5.74, 6) is -0.146. The number of amides is 1. The second-order valence-electron chi connectivity index (χ2n) is 19.3. The quantitative estimate of drug-likeness (QED) is 0.0243. The molecule has 3 atom stereocenters. The Morgan fingerprint density at radius 2 is 0.919 bits per heavy atom. The molecule has 0 radical (unpaired) electrons. The molecule has 62 heavy (non-hydrogen) atoms. The largest absolute Gasteiger partial charge is 0.472 e. The van der Waals surface area contributed by atoms with E-state index in [0.29, 0.717) is 23.9 Å². The highest BCUT2D eigenvalue weighted by atomic mass is 31.2. The van der Waals surface area contributed by atoms with E-state index >= 15 is 0 Å². The number of carbonyl (C=O) groups excluding carboxylic acids is 1. The Morgan fingerprint density at radius 3 is 1.34 bits per heavy atom. The second kappa shape index (κ2) is 44.9. The zero-order chi connectivity index (χ0) is 45.7. The van der Waals surface area contributed by atoms with Crippen molar-refractivity contribution in [2.75, 3.05) is 40.9 Å². The second-order valence-corrected chi connectivity index (χ2v) is 20.7. The Bertz CT molecular complexity index is 1110. The van der Waals surface area contributed by atoms with Crippen LogP contribution in [0.25, 0.3) is 0 Å². The van der Waals surface area contributed by atoms with Gasteiger partial charge in [0.1, 0.15) is 13.2 Å². The Labute approximate surface area is 385 Å². The van der Waals surface area contributed by atoms with E-state index in [2.05, 4.69) is 55.6 Å². The van der Waals surface area contributed by atoms with E-state index in [0.717, 1.165) is 51.4 Å². The normalized spacial score (nSPS) is 14.4. The fourth-order valence-corrected chi connectivity index (χ4v) is 8.44. The molecule has 8 nitrogen and oxygen atoms in total. The first kappa shape index (κ1) is 60.7. The van der Waals surface area contributed by atoms with Gasteiger partial charge in [-0.3, -0.25) is 13.8 Å². The number of phosphoric ester groups is 1. The van der Waals surface area contributed by atoms with Crippen molar-refractivity contribution >= 4 is 13.7 Å². The lowest BCUT2D eigenvalue weighted by atomic mass is 10.0. The highest BCUT2D eigenvalue weighted by Crippen LogP contribution is 2.43. The summed E-state index contributed by atoms with van der Waals surface area (Å²) >= 11 is 0. The average Bonchev–Trinajstić information content (AvgIpc) is 3.23. The fraction of sp³-hybridized carbons (Fsp3) is 0.868. The van der Waals surface area contributed by atoms with E-state index in [1.807, 2.05) is 21.1 Å². The molecule has 0 aliphatic heterocycles. The van der Waals surface area contributed by atoms with Crippen LogP contribution in [-0.4, -0.2) is 73.4 Å². The van der Waals surface area contributed by atoms with E-state index in [4.69, 9.17) is 9.05 Å². The van der Waals surface area contributed by atoms with Crippen LogP contribution in [0, 0.1) is 0 Å². The third kappa shape index (κ3) is 46.7. The Balaban J connectivity index is 4.14. The molecule has 0 fully saturated rings. The highest BCUT2D eigenvalue weighted by molar-refractivity contribution is 7.47. The van der Waals surface area contributed by atoms with E-state index in [1.165, 1.54) is 167 Å². The summed E-state index contributed by atoms with van der Waals surface area (Å²) in [5.41, 5.74) is 0. The summed E-state index contributed by atoms with van der Waals surface area (Å²) in [6.45, 7) is 4.88. The molecule has 3 N–H and O–H groups in total. The van der Waals surface area contributed by atoms with Crippen molar-refractivity contribution in [2.45, 2.75) is 257 Å². The number of quaternary nitrogens is 1. The minimum absolute atomic E-state index is 0.0744. The lowest BCUT2D eigenvalue weighted by Crippen LogP contribution is -2.46. The number of nitrogens with zero attached hydrogens (tertiary/aromatic N) is 1. The molecule has 0 heterocycles. The maximum Gasteiger partial charge on any atom is 0.472 e. The molecule has 0 aromatic carbocycles. The monoisotopic (exact) mass is 896 g/mol. The van der Waals surface area contributed by atoms with E-state index in [9.17, 15) is 19.4 Å². The van der Waals surface area contributed by atoms with Crippen LogP contribution in [0.15, 0.2) is 36.5 Å². The smallest absolute Gasteiger partial charge is 0.391 e. The number of aliphatic hydroxyl groups excluding tert-OH is 1. The zero-order valence-corrected chi connectivity index (χ0v) is 42.5. The first-order valence-corrected chi connectivity index (χ1v) is 27.8. The summed E-state index contributed by atoms with van der Waals surface area (Å²) < 4.78 is 23.7. The van der Waals surface area contributed by atoms with Crippen LogP contribution in [-0.2, 0) is 18.4 Å². The molecule has 0 saturated carbocycles. The summed E-state index contributed by atoms with van der Waals surface area (Å²) in [5, 5.41) is 14.0. The van der Waals surface area contributed by atoms with Crippen LogP contribution in [0.1, 0.15) is 245 Å². The number of hydrogen-bond acceptors (Lipinski definition) is 5. The molecule has 1 amide bonds. The van der Waals surface area contributed by atoms with E-state index in [-0.39, 0.29) is 19.1 Å². The molecule has 9 heteroatoms. The predicted octanol–water partition coefficient (Wildman–Crippen LogP) is 15.4. The number of allylic oxidation sites excluding steroid dienone is 6. The number of carbonyl (C=O) groups is 1. The number of likely N-dealkylation sites (N-methyl/N-ethyl adjacent to an activating group) is 1. The molecule has 0 aliphatic carbocycles. The van der Waals surface area contributed by atoms with Crippen LogP contribution < -0.4 is 5.32 Å². The van der Waals surface area contributed by atoms with Gasteiger partial charge in [-0.05, 0) is 51.4 Å². The molecular weight excluding hydrogens is 792 g/mol. The first-order chi connectivity index (χ1) is 30.0. The molecule has 0 bridgehead atoms. The Hall–Kier alpha value is -1.28. The van der Waals surface area contributed by atoms with Crippen molar-refractivity contribution in [1.82, 2.24) is 5.32 Å². The molecule has 0 aliphatic rings. The minimum atomic E-state index is -4.32. The van der Waals surface area contributed by atoms with Crippen molar-refractivity contribution in [3.8, 4) is 0 Å². The predicted molar refractivity (Wildman–Crippen MR) is 268 cm³/mol. The van der Waals surface area contributed by atoms with Gasteiger partial charge in [0.05, 0.1) is 39.9 Å². The SMILES string of the molecule is CCCCCCC/C=C\C/C=C\C/C=C\CCCCCCCCCCCCCCC(=O)NC(COP(=O)(O)OCC[N+](C)(C)C)C(O)CCCCCCCCCCCCCCC. The van der Waals surface area contributed by atoms with Crippen LogP contribution in [0.3, 0.4) is 0 Å². The van der Waals surface area contributed by atoms with Crippen molar-refractivity contribution in [3.63, 3.8) is 0 Å². The number of nitrogens with one attached hydrogen (secondary N) is 1. The van der Waals surface area contributed by atoms with Crippen molar-refractivity contribution in [2.24, 2.45) is 0 Å². The van der Waals surface area contributed by atoms with Gasteiger partial charge in [0.2, 0.25) is 5.91 Å². The lowest BCUT2D eigenvalue weighted by Gasteiger charge is -2.26. The van der Waals surface area contributed by atoms with E-state index < -0.39 is 20.0 Å². The van der Waals surface area contributed by atoms with Crippen LogP contribution >= 0.6 is 7.82 Å². The number of aliphatic hydroxyl groups is 1. The van der Waals surface area contributed by atoms with Gasteiger partial charge in [-0.25, -0.2) is 4.57 Å². The molecule has 0 saturated heterocycles. The maximum absolute atomic E-state index is 12.9. The van der Waals surface area contributed by atoms with Crippen LogP contribution in [0.4, 0.5) is 0 Å². The molecule has 0 aromatic heterocycles. The van der Waals surface area contributed by atoms with Gasteiger partial charge >= 0.3 is 7.82 Å². The summed E-state index contributed by atoms with van der Waals surface area (Å²) in [6.07, 6.45) is 56.1. The van der Waals surface area contributed by atoms with Crippen molar-refractivity contribution in [3.05, 3.63) is 36.5 Å². The topological polar surface area (TPSA) is 105 Å². The minimum Gasteiger partial charge on any atom is -0.391 e. The van der Waals surface area contributed by atoms with Gasteiger partial charge in [0.25, 0.3) is 0 Å². The van der Waals surface area contributed by atoms with E-state index in [1.54, 1.807) is 0 Å². The van der Waals surface area contributed by atoms with Crippen molar-refractivity contribution in [1.29, 1.82) is 0 Å². The van der Waals surface area contributed by atoms with Gasteiger partial charge in [-0.1, -0.05) is 224 Å². The van der Waals surface area contributed by atoms with Gasteiger partial charge < -0.3 is 19.8 Å². The summed E-state index contributed by atoms with van der Waals surface area (Å²) in [7, 11) is 1.62. The van der Waals surface area contributed by atoms with Gasteiger partial charge in [0.15, 0.2) is 0 Å².